The summed E-state index contributed by atoms with van der Waals surface area (Å²) in [6, 6.07) is 12.5. The van der Waals surface area contributed by atoms with Gasteiger partial charge in [-0.3, -0.25) is 14.5 Å². The maximum atomic E-state index is 13.2. The monoisotopic (exact) mass is 464 g/mol. The van der Waals surface area contributed by atoms with Gasteiger partial charge in [0.1, 0.15) is 11.5 Å². The van der Waals surface area contributed by atoms with Crippen molar-refractivity contribution >= 4 is 17.4 Å². The molecule has 34 heavy (non-hydrogen) atoms. The summed E-state index contributed by atoms with van der Waals surface area (Å²) in [4.78, 5) is 30.2. The molecule has 2 fully saturated rings. The highest BCUT2D eigenvalue weighted by molar-refractivity contribution is 6.46. The van der Waals surface area contributed by atoms with E-state index in [1.807, 2.05) is 31.2 Å². The molecule has 180 valence electrons. The molecule has 2 saturated heterocycles. The lowest BCUT2D eigenvalue weighted by Crippen LogP contribution is -2.42. The zero-order chi connectivity index (χ0) is 24.2. The predicted molar refractivity (Wildman–Crippen MR) is 130 cm³/mol. The molecule has 0 aromatic heterocycles. The van der Waals surface area contributed by atoms with Crippen LogP contribution in [0.5, 0.6) is 5.75 Å². The molecule has 2 aromatic carbocycles. The highest BCUT2D eigenvalue weighted by Crippen LogP contribution is 2.39. The Labute approximate surface area is 200 Å². The van der Waals surface area contributed by atoms with Crippen molar-refractivity contribution in [2.24, 2.45) is 0 Å². The van der Waals surface area contributed by atoms with Crippen molar-refractivity contribution in [2.75, 3.05) is 46.5 Å². The van der Waals surface area contributed by atoms with Gasteiger partial charge in [-0.2, -0.15) is 0 Å². The van der Waals surface area contributed by atoms with Gasteiger partial charge in [-0.05, 0) is 48.2 Å². The topological polar surface area (TPSA) is 79.3 Å². The summed E-state index contributed by atoms with van der Waals surface area (Å²) in [5, 5.41) is 11.3. The van der Waals surface area contributed by atoms with Gasteiger partial charge in [0, 0.05) is 31.7 Å². The van der Waals surface area contributed by atoms with Crippen molar-refractivity contribution in [1.82, 2.24) is 9.80 Å². The number of hydrogen-bond donors (Lipinski definition) is 1. The van der Waals surface area contributed by atoms with Crippen LogP contribution in [0.4, 0.5) is 0 Å². The van der Waals surface area contributed by atoms with Crippen LogP contribution in [0.3, 0.4) is 0 Å². The SMILES string of the molecule is CCc1ccc(C2/C(=C(\O)c3ccc(OC)c(C)c3)C(=O)C(=O)N2CCN2CCOCC2)cc1. The standard InChI is InChI=1S/C27H32N2O5/c1-4-19-5-7-20(8-6-19)24-23(25(30)21-9-10-22(33-3)18(2)17-21)26(31)27(32)29(24)12-11-28-13-15-34-16-14-28/h5-10,17,24,30H,4,11-16H2,1-3H3/b25-23+. The molecule has 0 bridgehead atoms. The molecule has 2 aliphatic heterocycles. The Morgan fingerprint density at radius 1 is 1.09 bits per heavy atom. The van der Waals surface area contributed by atoms with Crippen LogP contribution >= 0.6 is 0 Å². The summed E-state index contributed by atoms with van der Waals surface area (Å²) in [5.74, 6) is -0.709. The number of Topliss-reactive ketones (excluding diaryl/α,β-unsaturated/α-hetero) is 1. The molecule has 2 heterocycles. The Morgan fingerprint density at radius 2 is 1.79 bits per heavy atom. The van der Waals surface area contributed by atoms with Gasteiger partial charge in [-0.15, -0.1) is 0 Å². The number of aryl methyl sites for hydroxylation is 2. The van der Waals surface area contributed by atoms with Crippen molar-refractivity contribution in [3.8, 4) is 5.75 Å². The predicted octanol–water partition coefficient (Wildman–Crippen LogP) is 3.32. The second-order valence-corrected chi connectivity index (χ2v) is 8.73. The zero-order valence-corrected chi connectivity index (χ0v) is 20.0. The van der Waals surface area contributed by atoms with Gasteiger partial charge in [-0.1, -0.05) is 31.2 Å². The number of rotatable bonds is 7. The maximum Gasteiger partial charge on any atom is 0.295 e. The normalized spacial score (nSPS) is 20.7. The van der Waals surface area contributed by atoms with Gasteiger partial charge >= 0.3 is 0 Å². The van der Waals surface area contributed by atoms with Crippen molar-refractivity contribution < 1.29 is 24.2 Å². The van der Waals surface area contributed by atoms with Crippen LogP contribution < -0.4 is 4.74 Å². The minimum atomic E-state index is -0.655. The van der Waals surface area contributed by atoms with E-state index >= 15 is 0 Å². The number of benzene rings is 2. The fraction of sp³-hybridized carbons (Fsp3) is 0.407. The number of likely N-dealkylation sites (tertiary alicyclic amines) is 1. The molecule has 4 rings (SSSR count). The lowest BCUT2D eigenvalue weighted by molar-refractivity contribution is -0.140. The summed E-state index contributed by atoms with van der Waals surface area (Å²) in [7, 11) is 1.59. The van der Waals surface area contributed by atoms with E-state index in [2.05, 4.69) is 11.8 Å². The van der Waals surface area contributed by atoms with Crippen LogP contribution in [0.2, 0.25) is 0 Å². The number of aliphatic hydroxyl groups excluding tert-OH is 1. The van der Waals surface area contributed by atoms with E-state index in [9.17, 15) is 14.7 Å². The van der Waals surface area contributed by atoms with E-state index in [-0.39, 0.29) is 11.3 Å². The summed E-state index contributed by atoms with van der Waals surface area (Å²) < 4.78 is 10.7. The molecule has 0 aliphatic carbocycles. The Morgan fingerprint density at radius 3 is 2.41 bits per heavy atom. The van der Waals surface area contributed by atoms with Gasteiger partial charge in [0.25, 0.3) is 11.7 Å². The molecule has 0 spiro atoms. The third-order valence-electron chi connectivity index (χ3n) is 6.67. The van der Waals surface area contributed by atoms with Crippen LogP contribution in [0.15, 0.2) is 48.0 Å². The van der Waals surface area contributed by atoms with Crippen molar-refractivity contribution in [3.05, 3.63) is 70.3 Å². The number of morpholine rings is 1. The molecule has 7 heteroatoms. The highest BCUT2D eigenvalue weighted by atomic mass is 16.5. The van der Waals surface area contributed by atoms with Gasteiger partial charge in [0.2, 0.25) is 0 Å². The summed E-state index contributed by atoms with van der Waals surface area (Å²) in [5.41, 5.74) is 3.42. The molecule has 1 amide bonds. The number of amides is 1. The average Bonchev–Trinajstić information content (AvgIpc) is 3.12. The van der Waals surface area contributed by atoms with E-state index in [0.29, 0.717) is 37.6 Å². The second kappa shape index (κ2) is 10.4. The first-order valence-corrected chi connectivity index (χ1v) is 11.8. The number of methoxy groups -OCH3 is 1. The molecule has 2 aromatic rings. The first-order chi connectivity index (χ1) is 16.4. The number of ketones is 1. The minimum absolute atomic E-state index is 0.126. The largest absolute Gasteiger partial charge is 0.507 e. The number of carbonyl (C=O) groups excluding carboxylic acids is 2. The fourth-order valence-electron chi connectivity index (χ4n) is 4.65. The lowest BCUT2D eigenvalue weighted by atomic mass is 9.94. The number of ether oxygens (including phenoxy) is 2. The quantitative estimate of drug-likeness (QED) is 0.385. The maximum absolute atomic E-state index is 13.2. The summed E-state index contributed by atoms with van der Waals surface area (Å²) in [6.07, 6.45) is 0.891. The van der Waals surface area contributed by atoms with Crippen LogP contribution in [-0.2, 0) is 20.7 Å². The lowest BCUT2D eigenvalue weighted by Gasteiger charge is -2.31. The molecule has 7 nitrogen and oxygen atoms in total. The van der Waals surface area contributed by atoms with E-state index in [1.165, 1.54) is 5.56 Å². The van der Waals surface area contributed by atoms with Crippen molar-refractivity contribution in [3.63, 3.8) is 0 Å². The van der Waals surface area contributed by atoms with Crippen LogP contribution in [0, 0.1) is 6.92 Å². The van der Waals surface area contributed by atoms with Crippen LogP contribution in [-0.4, -0.2) is 73.1 Å². The van der Waals surface area contributed by atoms with E-state index in [0.717, 1.165) is 30.6 Å². The van der Waals surface area contributed by atoms with Crippen LogP contribution in [0.25, 0.3) is 5.76 Å². The molecule has 1 atom stereocenters. The molecule has 2 aliphatic rings. The van der Waals surface area contributed by atoms with Gasteiger partial charge in [0.15, 0.2) is 0 Å². The highest BCUT2D eigenvalue weighted by Gasteiger charge is 2.46. The number of aliphatic hydroxyl groups is 1. The van der Waals surface area contributed by atoms with E-state index in [1.54, 1.807) is 30.2 Å². The van der Waals surface area contributed by atoms with E-state index in [4.69, 9.17) is 9.47 Å². The van der Waals surface area contributed by atoms with Crippen molar-refractivity contribution in [1.29, 1.82) is 0 Å². The molecular formula is C27H32N2O5. The van der Waals surface area contributed by atoms with Gasteiger partial charge in [0.05, 0.1) is 31.9 Å². The smallest absolute Gasteiger partial charge is 0.295 e. The number of carbonyl (C=O) groups is 2. The second-order valence-electron chi connectivity index (χ2n) is 8.73. The third-order valence-corrected chi connectivity index (χ3v) is 6.67. The Hall–Kier alpha value is -3.16. The molecular weight excluding hydrogens is 432 g/mol. The zero-order valence-electron chi connectivity index (χ0n) is 20.0. The van der Waals surface area contributed by atoms with Gasteiger partial charge in [-0.25, -0.2) is 0 Å². The average molecular weight is 465 g/mol. The Bertz CT molecular complexity index is 1090. The fourth-order valence-corrected chi connectivity index (χ4v) is 4.65. The minimum Gasteiger partial charge on any atom is -0.507 e. The van der Waals surface area contributed by atoms with Crippen LogP contribution in [0.1, 0.15) is 35.2 Å². The molecule has 1 N–H and O–H groups in total. The molecule has 0 saturated carbocycles. The van der Waals surface area contributed by atoms with Crippen molar-refractivity contribution in [2.45, 2.75) is 26.3 Å². The number of nitrogens with zero attached hydrogens (tertiary/aromatic N) is 2. The molecule has 1 unspecified atom stereocenters. The number of hydrogen-bond acceptors (Lipinski definition) is 6. The summed E-state index contributed by atoms with van der Waals surface area (Å²) >= 11 is 0. The third kappa shape index (κ3) is 4.72. The first-order valence-electron chi connectivity index (χ1n) is 11.8. The van der Waals surface area contributed by atoms with Gasteiger partial charge < -0.3 is 19.5 Å². The van der Waals surface area contributed by atoms with E-state index < -0.39 is 17.7 Å². The molecule has 0 radical (unpaired) electrons. The Balaban J connectivity index is 1.74. The Kier molecular flexibility index (Phi) is 7.34. The first kappa shape index (κ1) is 24.0. The summed E-state index contributed by atoms with van der Waals surface area (Å²) in [6.45, 7) is 7.91.